The van der Waals surface area contributed by atoms with Crippen LogP contribution in [0.2, 0.25) is 10.0 Å². The second kappa shape index (κ2) is 25.1. The second-order valence-corrected chi connectivity index (χ2v) is 12.9. The zero-order chi connectivity index (χ0) is 32.5. The predicted octanol–water partition coefficient (Wildman–Crippen LogP) is 9.04. The van der Waals surface area contributed by atoms with Gasteiger partial charge in [-0.2, -0.15) is 0 Å². The van der Waals surface area contributed by atoms with Gasteiger partial charge in [-0.15, -0.1) is 0 Å². The maximum atomic E-state index is 10.5. The SMILES string of the molecule is CCC=C(CCCN(C)CCC)Nc1ccc(Cl)c(Cl)c1.O=CNCCC(CCOCc1ccccc1)CCN1CCCCC1. The lowest BCUT2D eigenvalue weighted by Gasteiger charge is -2.28. The Balaban J connectivity index is 0.000000317. The molecule has 1 heterocycles. The van der Waals surface area contributed by atoms with Gasteiger partial charge < -0.3 is 25.2 Å². The van der Waals surface area contributed by atoms with Crippen molar-refractivity contribution in [1.82, 2.24) is 15.1 Å². The Morgan fingerprint density at radius 2 is 1.78 bits per heavy atom. The number of carbonyl (C=O) groups is 1. The van der Waals surface area contributed by atoms with Crippen LogP contribution in [0.5, 0.6) is 0 Å². The third-order valence-corrected chi connectivity index (χ3v) is 8.87. The van der Waals surface area contributed by atoms with Crippen molar-refractivity contribution in [3.05, 3.63) is 75.9 Å². The quantitative estimate of drug-likeness (QED) is 0.103. The van der Waals surface area contributed by atoms with Gasteiger partial charge in [0.05, 0.1) is 16.7 Å². The molecule has 0 radical (unpaired) electrons. The van der Waals surface area contributed by atoms with E-state index in [1.165, 1.54) is 63.0 Å². The standard InChI is InChI=1S/C20H32N2O2.C17H26Cl2N2/c23-18-21-12-9-19(10-15-22-13-5-2-6-14-22)11-16-24-17-20-7-3-1-4-8-20;1-4-7-14(8-6-12-21(3)11-5-2)20-15-9-10-16(18)17(19)13-15/h1,3-4,7-8,18-19H,2,5-6,9-17H2,(H,21,23);7,9-10,13,20H,4-6,8,11-12H2,1-3H3. The molecule has 1 aliphatic heterocycles. The molecule has 0 aliphatic carbocycles. The summed E-state index contributed by atoms with van der Waals surface area (Å²) < 4.78 is 5.84. The molecule has 0 spiro atoms. The van der Waals surface area contributed by atoms with E-state index in [1.54, 1.807) is 0 Å². The van der Waals surface area contributed by atoms with Crippen molar-refractivity contribution in [3.8, 4) is 0 Å². The summed E-state index contributed by atoms with van der Waals surface area (Å²) in [6, 6.07) is 16.0. The van der Waals surface area contributed by atoms with Gasteiger partial charge in [-0.05, 0) is 127 Å². The van der Waals surface area contributed by atoms with Gasteiger partial charge in [0.1, 0.15) is 0 Å². The van der Waals surface area contributed by atoms with Gasteiger partial charge >= 0.3 is 0 Å². The minimum Gasteiger partial charge on any atom is -0.377 e. The molecule has 252 valence electrons. The van der Waals surface area contributed by atoms with Crippen LogP contribution in [0.25, 0.3) is 0 Å². The number of benzene rings is 2. The van der Waals surface area contributed by atoms with Gasteiger partial charge in [0.25, 0.3) is 0 Å². The summed E-state index contributed by atoms with van der Waals surface area (Å²) in [4.78, 5) is 15.4. The molecular formula is C37H58Cl2N4O2. The first kappa shape index (κ1) is 39.1. The molecule has 0 bridgehead atoms. The van der Waals surface area contributed by atoms with Crippen LogP contribution in [0.4, 0.5) is 5.69 Å². The Bertz CT molecular complexity index is 1060. The first-order valence-electron chi connectivity index (χ1n) is 17.1. The molecule has 1 atom stereocenters. The molecule has 3 rings (SSSR count). The van der Waals surface area contributed by atoms with Gasteiger partial charge in [-0.3, -0.25) is 4.79 Å². The van der Waals surface area contributed by atoms with E-state index in [0.29, 0.717) is 22.6 Å². The van der Waals surface area contributed by atoms with Crippen LogP contribution in [-0.2, 0) is 16.1 Å². The molecule has 1 aliphatic rings. The zero-order valence-electron chi connectivity index (χ0n) is 28.0. The summed E-state index contributed by atoms with van der Waals surface area (Å²) in [5, 5.41) is 7.42. The fourth-order valence-electron chi connectivity index (χ4n) is 5.60. The first-order valence-corrected chi connectivity index (χ1v) is 17.8. The van der Waals surface area contributed by atoms with Crippen LogP contribution < -0.4 is 10.6 Å². The number of carbonyl (C=O) groups excluding carboxylic acids is 1. The van der Waals surface area contributed by atoms with Crippen LogP contribution in [-0.4, -0.2) is 69.1 Å². The van der Waals surface area contributed by atoms with E-state index in [0.717, 1.165) is 70.4 Å². The Kier molecular flexibility index (Phi) is 21.8. The van der Waals surface area contributed by atoms with E-state index in [9.17, 15) is 4.79 Å². The predicted molar refractivity (Wildman–Crippen MR) is 193 cm³/mol. The van der Waals surface area contributed by atoms with E-state index in [-0.39, 0.29) is 0 Å². The average Bonchev–Trinajstić information content (AvgIpc) is 3.05. The van der Waals surface area contributed by atoms with Gasteiger partial charge in [0, 0.05) is 24.5 Å². The van der Waals surface area contributed by atoms with Gasteiger partial charge in [-0.1, -0.05) is 79.9 Å². The molecule has 6 nitrogen and oxygen atoms in total. The van der Waals surface area contributed by atoms with Crippen LogP contribution >= 0.6 is 23.2 Å². The minimum atomic E-state index is 0.584. The monoisotopic (exact) mass is 660 g/mol. The summed E-state index contributed by atoms with van der Waals surface area (Å²) in [6.07, 6.45) is 14.8. The van der Waals surface area contributed by atoms with Gasteiger partial charge in [0.2, 0.25) is 6.41 Å². The number of piperidine rings is 1. The molecular weight excluding hydrogens is 603 g/mol. The fraction of sp³-hybridized carbons (Fsp3) is 0.595. The number of allylic oxidation sites excluding steroid dienone is 2. The van der Waals surface area contributed by atoms with E-state index in [2.05, 4.69) is 59.5 Å². The van der Waals surface area contributed by atoms with Crippen molar-refractivity contribution in [1.29, 1.82) is 0 Å². The van der Waals surface area contributed by atoms with Crippen molar-refractivity contribution >= 4 is 35.3 Å². The number of rotatable bonds is 21. The number of hydrogen-bond donors (Lipinski definition) is 2. The number of ether oxygens (including phenoxy) is 1. The van der Waals surface area contributed by atoms with E-state index >= 15 is 0 Å². The molecule has 2 N–H and O–H groups in total. The molecule has 2 aromatic carbocycles. The first-order chi connectivity index (χ1) is 21.9. The van der Waals surface area contributed by atoms with E-state index < -0.39 is 0 Å². The van der Waals surface area contributed by atoms with Crippen LogP contribution in [0.15, 0.2) is 60.3 Å². The smallest absolute Gasteiger partial charge is 0.207 e. The van der Waals surface area contributed by atoms with Crippen LogP contribution in [0.1, 0.15) is 83.6 Å². The summed E-state index contributed by atoms with van der Waals surface area (Å²) in [5.74, 6) is 0.621. The Labute approximate surface area is 283 Å². The van der Waals surface area contributed by atoms with E-state index in [4.69, 9.17) is 27.9 Å². The lowest BCUT2D eigenvalue weighted by Crippen LogP contribution is -2.32. The van der Waals surface area contributed by atoms with Crippen molar-refractivity contribution in [2.45, 2.75) is 84.7 Å². The Morgan fingerprint density at radius 3 is 2.47 bits per heavy atom. The summed E-state index contributed by atoms with van der Waals surface area (Å²) >= 11 is 12.0. The zero-order valence-corrected chi connectivity index (χ0v) is 29.6. The van der Waals surface area contributed by atoms with Crippen LogP contribution in [0, 0.1) is 5.92 Å². The number of anilines is 1. The van der Waals surface area contributed by atoms with E-state index in [1.807, 2.05) is 36.4 Å². The maximum Gasteiger partial charge on any atom is 0.207 e. The summed E-state index contributed by atoms with van der Waals surface area (Å²) in [6.45, 7) is 12.6. The lowest BCUT2D eigenvalue weighted by atomic mass is 9.97. The minimum absolute atomic E-state index is 0.584. The van der Waals surface area contributed by atoms with Gasteiger partial charge in [0.15, 0.2) is 0 Å². The highest BCUT2D eigenvalue weighted by Gasteiger charge is 2.14. The third-order valence-electron chi connectivity index (χ3n) is 8.13. The number of nitrogens with one attached hydrogen (secondary N) is 2. The number of hydrogen-bond acceptors (Lipinski definition) is 5. The molecule has 8 heteroatoms. The summed E-state index contributed by atoms with van der Waals surface area (Å²) in [7, 11) is 2.18. The maximum absolute atomic E-state index is 10.5. The van der Waals surface area contributed by atoms with Crippen molar-refractivity contribution in [3.63, 3.8) is 0 Å². The molecule has 1 saturated heterocycles. The van der Waals surface area contributed by atoms with Crippen LogP contribution in [0.3, 0.4) is 0 Å². The number of likely N-dealkylation sites (tertiary alicyclic amines) is 1. The molecule has 1 amide bonds. The average molecular weight is 662 g/mol. The normalized spacial score (nSPS) is 14.5. The molecule has 1 fully saturated rings. The molecule has 1 unspecified atom stereocenters. The highest BCUT2D eigenvalue weighted by molar-refractivity contribution is 6.42. The fourth-order valence-corrected chi connectivity index (χ4v) is 5.89. The highest BCUT2D eigenvalue weighted by atomic mass is 35.5. The number of amides is 1. The summed E-state index contributed by atoms with van der Waals surface area (Å²) in [5.41, 5.74) is 3.47. The molecule has 45 heavy (non-hydrogen) atoms. The highest BCUT2D eigenvalue weighted by Crippen LogP contribution is 2.26. The van der Waals surface area contributed by atoms with Crippen molar-refractivity contribution < 1.29 is 9.53 Å². The van der Waals surface area contributed by atoms with Crippen molar-refractivity contribution in [2.24, 2.45) is 5.92 Å². The van der Waals surface area contributed by atoms with Gasteiger partial charge in [-0.25, -0.2) is 0 Å². The Morgan fingerprint density at radius 1 is 1.00 bits per heavy atom. The second-order valence-electron chi connectivity index (χ2n) is 12.0. The largest absolute Gasteiger partial charge is 0.377 e. The molecule has 0 saturated carbocycles. The lowest BCUT2D eigenvalue weighted by molar-refractivity contribution is -0.109. The topological polar surface area (TPSA) is 56.8 Å². The molecule has 0 aromatic heterocycles. The number of nitrogens with zero attached hydrogens (tertiary/aromatic N) is 2. The Hall–Kier alpha value is -2.09. The molecule has 2 aromatic rings. The third kappa shape index (κ3) is 18.6. The number of halogens is 2. The van der Waals surface area contributed by atoms with Crippen molar-refractivity contribution in [2.75, 3.05) is 58.2 Å².